The van der Waals surface area contributed by atoms with Crippen molar-refractivity contribution < 1.29 is 14.6 Å². The first-order chi connectivity index (χ1) is 8.08. The van der Waals surface area contributed by atoms with Gasteiger partial charge in [0.1, 0.15) is 11.5 Å². The molecule has 0 heterocycles. The molecule has 94 valence electrons. The lowest BCUT2D eigenvalue weighted by atomic mass is 10.1. The van der Waals surface area contributed by atoms with E-state index in [0.717, 1.165) is 6.42 Å². The molecular weight excluding hydrogens is 220 g/mol. The third-order valence-corrected chi connectivity index (χ3v) is 2.40. The minimum absolute atomic E-state index is 0.0404. The fourth-order valence-corrected chi connectivity index (χ4v) is 1.41. The van der Waals surface area contributed by atoms with Crippen molar-refractivity contribution in [1.82, 2.24) is 0 Å². The Hall–Kier alpha value is -1.75. The van der Waals surface area contributed by atoms with Crippen LogP contribution in [-0.2, 0) is 4.79 Å². The summed E-state index contributed by atoms with van der Waals surface area (Å²) >= 11 is 0. The number of carbonyl (C=O) groups excluding carboxylic acids is 1. The quantitative estimate of drug-likeness (QED) is 0.678. The van der Waals surface area contributed by atoms with Gasteiger partial charge in [-0.05, 0) is 18.6 Å². The molecule has 0 aliphatic carbocycles. The molecule has 0 aromatic heterocycles. The second kappa shape index (κ2) is 6.10. The molecule has 1 aromatic carbocycles. The molecule has 5 nitrogen and oxygen atoms in total. The lowest BCUT2D eigenvalue weighted by Gasteiger charge is -2.12. The molecule has 1 aromatic rings. The lowest BCUT2D eigenvalue weighted by Crippen LogP contribution is -2.35. The van der Waals surface area contributed by atoms with Crippen LogP contribution in [0.1, 0.15) is 19.8 Å². The number of benzene rings is 1. The van der Waals surface area contributed by atoms with Crippen LogP contribution in [0.15, 0.2) is 18.2 Å². The topological polar surface area (TPSA) is 84.6 Å². The molecule has 0 saturated carbocycles. The first kappa shape index (κ1) is 13.3. The maximum Gasteiger partial charge on any atom is 0.241 e. The van der Waals surface area contributed by atoms with Gasteiger partial charge in [0.05, 0.1) is 18.8 Å². The van der Waals surface area contributed by atoms with Gasteiger partial charge in [0, 0.05) is 6.07 Å². The van der Waals surface area contributed by atoms with Crippen molar-refractivity contribution >= 4 is 11.6 Å². The largest absolute Gasteiger partial charge is 0.506 e. The summed E-state index contributed by atoms with van der Waals surface area (Å²) in [5.74, 6) is 0.187. The van der Waals surface area contributed by atoms with Crippen LogP contribution in [0.4, 0.5) is 5.69 Å². The highest BCUT2D eigenvalue weighted by molar-refractivity contribution is 5.95. The molecule has 0 aliphatic heterocycles. The molecule has 1 rings (SSSR count). The Kier molecular flexibility index (Phi) is 4.78. The zero-order valence-corrected chi connectivity index (χ0v) is 10.1. The molecule has 0 radical (unpaired) electrons. The normalized spacial score (nSPS) is 11.9. The van der Waals surface area contributed by atoms with Crippen molar-refractivity contribution in [3.63, 3.8) is 0 Å². The molecular formula is C12H18N2O3. The first-order valence-corrected chi connectivity index (χ1v) is 5.52. The first-order valence-electron chi connectivity index (χ1n) is 5.52. The Morgan fingerprint density at radius 2 is 2.29 bits per heavy atom. The number of amides is 1. The van der Waals surface area contributed by atoms with Crippen molar-refractivity contribution in [2.75, 3.05) is 12.4 Å². The Morgan fingerprint density at radius 1 is 1.59 bits per heavy atom. The maximum atomic E-state index is 11.6. The van der Waals surface area contributed by atoms with Gasteiger partial charge in [-0.1, -0.05) is 13.3 Å². The Balaban J connectivity index is 2.71. The van der Waals surface area contributed by atoms with E-state index in [1.54, 1.807) is 12.1 Å². The molecule has 1 atom stereocenters. The molecule has 1 amide bonds. The highest BCUT2D eigenvalue weighted by Crippen LogP contribution is 2.27. The third kappa shape index (κ3) is 3.64. The van der Waals surface area contributed by atoms with Crippen LogP contribution in [0.3, 0.4) is 0 Å². The number of hydrogen-bond acceptors (Lipinski definition) is 4. The van der Waals surface area contributed by atoms with Crippen LogP contribution in [-0.4, -0.2) is 24.2 Å². The van der Waals surface area contributed by atoms with Gasteiger partial charge in [-0.25, -0.2) is 0 Å². The summed E-state index contributed by atoms with van der Waals surface area (Å²) in [5.41, 5.74) is 6.00. The van der Waals surface area contributed by atoms with Crippen molar-refractivity contribution in [3.8, 4) is 11.5 Å². The average molecular weight is 238 g/mol. The van der Waals surface area contributed by atoms with Crippen LogP contribution in [0, 0.1) is 0 Å². The summed E-state index contributed by atoms with van der Waals surface area (Å²) in [6.07, 6.45) is 1.45. The van der Waals surface area contributed by atoms with E-state index in [0.29, 0.717) is 17.9 Å². The van der Waals surface area contributed by atoms with E-state index in [1.807, 2.05) is 6.92 Å². The minimum atomic E-state index is -0.554. The van der Waals surface area contributed by atoms with Crippen LogP contribution < -0.4 is 15.8 Å². The van der Waals surface area contributed by atoms with Crippen LogP contribution in [0.25, 0.3) is 0 Å². The maximum absolute atomic E-state index is 11.6. The van der Waals surface area contributed by atoms with Crippen LogP contribution >= 0.6 is 0 Å². The molecule has 5 heteroatoms. The summed E-state index contributed by atoms with van der Waals surface area (Å²) < 4.78 is 4.94. The van der Waals surface area contributed by atoms with Crippen LogP contribution in [0.2, 0.25) is 0 Å². The number of rotatable bonds is 5. The van der Waals surface area contributed by atoms with Crippen molar-refractivity contribution in [2.24, 2.45) is 5.73 Å². The standard InChI is InChI=1S/C12H18N2O3/c1-3-4-9(13)12(16)14-10-6-5-8(17-2)7-11(10)15/h5-7,9,15H,3-4,13H2,1-2H3,(H,14,16)/t9-/m0/s1. The second-order valence-corrected chi connectivity index (χ2v) is 3.77. The number of carbonyl (C=O) groups is 1. The highest BCUT2D eigenvalue weighted by atomic mass is 16.5. The molecule has 0 fully saturated rings. The molecule has 0 aliphatic rings. The van der Waals surface area contributed by atoms with Crippen molar-refractivity contribution in [1.29, 1.82) is 0 Å². The smallest absolute Gasteiger partial charge is 0.241 e. The summed E-state index contributed by atoms with van der Waals surface area (Å²) in [6, 6.07) is 4.10. The highest BCUT2D eigenvalue weighted by Gasteiger charge is 2.14. The molecule has 4 N–H and O–H groups in total. The number of methoxy groups -OCH3 is 1. The fraction of sp³-hybridized carbons (Fsp3) is 0.417. The molecule has 0 bridgehead atoms. The minimum Gasteiger partial charge on any atom is -0.506 e. The van der Waals surface area contributed by atoms with E-state index in [4.69, 9.17) is 10.5 Å². The third-order valence-electron chi connectivity index (χ3n) is 2.40. The molecule has 0 unspecified atom stereocenters. The van der Waals surface area contributed by atoms with Crippen molar-refractivity contribution in [2.45, 2.75) is 25.8 Å². The number of hydrogen-bond donors (Lipinski definition) is 3. The lowest BCUT2D eigenvalue weighted by molar-refractivity contribution is -0.117. The zero-order chi connectivity index (χ0) is 12.8. The summed E-state index contributed by atoms with van der Waals surface area (Å²) in [7, 11) is 1.50. The Morgan fingerprint density at radius 3 is 2.82 bits per heavy atom. The Labute approximate surface area is 101 Å². The Bertz CT molecular complexity index is 393. The van der Waals surface area contributed by atoms with Crippen molar-refractivity contribution in [3.05, 3.63) is 18.2 Å². The van der Waals surface area contributed by atoms with Gasteiger partial charge in [0.25, 0.3) is 0 Å². The predicted molar refractivity (Wildman–Crippen MR) is 66.2 cm³/mol. The monoisotopic (exact) mass is 238 g/mol. The number of ether oxygens (including phenoxy) is 1. The average Bonchev–Trinajstić information content (AvgIpc) is 2.31. The SMILES string of the molecule is CCC[C@H](N)C(=O)Nc1ccc(OC)cc1O. The number of anilines is 1. The fourth-order valence-electron chi connectivity index (χ4n) is 1.41. The number of phenols is 1. The van der Waals surface area contributed by atoms with Gasteiger partial charge in [-0.3, -0.25) is 4.79 Å². The van der Waals surface area contributed by atoms with E-state index in [2.05, 4.69) is 5.32 Å². The molecule has 0 saturated heterocycles. The van der Waals surface area contributed by atoms with Crippen LogP contribution in [0.5, 0.6) is 11.5 Å². The van der Waals surface area contributed by atoms with Gasteiger partial charge in [0.2, 0.25) is 5.91 Å². The van der Waals surface area contributed by atoms with Gasteiger partial charge in [-0.2, -0.15) is 0 Å². The van der Waals surface area contributed by atoms with E-state index < -0.39 is 6.04 Å². The second-order valence-electron chi connectivity index (χ2n) is 3.77. The number of aromatic hydroxyl groups is 1. The van der Waals surface area contributed by atoms with Gasteiger partial charge < -0.3 is 20.9 Å². The summed E-state index contributed by atoms with van der Waals surface area (Å²) in [4.78, 5) is 11.6. The van der Waals surface area contributed by atoms with E-state index in [1.165, 1.54) is 13.2 Å². The van der Waals surface area contributed by atoms with Gasteiger partial charge >= 0.3 is 0 Å². The zero-order valence-electron chi connectivity index (χ0n) is 10.1. The number of phenolic OH excluding ortho intramolecular Hbond substituents is 1. The van der Waals surface area contributed by atoms with E-state index in [9.17, 15) is 9.90 Å². The summed E-state index contributed by atoms with van der Waals surface area (Å²) in [6.45, 7) is 1.96. The van der Waals surface area contributed by atoms with E-state index >= 15 is 0 Å². The van der Waals surface area contributed by atoms with Gasteiger partial charge in [0.15, 0.2) is 0 Å². The molecule has 17 heavy (non-hydrogen) atoms. The van der Waals surface area contributed by atoms with Gasteiger partial charge in [-0.15, -0.1) is 0 Å². The summed E-state index contributed by atoms with van der Waals surface area (Å²) in [5, 5.41) is 12.2. The number of nitrogens with one attached hydrogen (secondary N) is 1. The molecule has 0 spiro atoms. The van der Waals surface area contributed by atoms with E-state index in [-0.39, 0.29) is 11.7 Å². The number of nitrogens with two attached hydrogens (primary N) is 1. The predicted octanol–water partition coefficient (Wildman–Crippen LogP) is 1.47.